The van der Waals surface area contributed by atoms with E-state index in [0.29, 0.717) is 5.89 Å². The summed E-state index contributed by atoms with van der Waals surface area (Å²) in [7, 11) is 0. The molecule has 1 fully saturated rings. The first-order valence-corrected chi connectivity index (χ1v) is 7.68. The van der Waals surface area contributed by atoms with Crippen molar-refractivity contribution in [3.05, 3.63) is 47.6 Å². The van der Waals surface area contributed by atoms with Crippen molar-refractivity contribution in [1.82, 2.24) is 15.5 Å². The lowest BCUT2D eigenvalue weighted by Gasteiger charge is -2.31. The van der Waals surface area contributed by atoms with Crippen LogP contribution in [0.4, 0.5) is 0 Å². The van der Waals surface area contributed by atoms with Crippen LogP contribution < -0.4 is 5.32 Å². The molecule has 0 spiro atoms. The van der Waals surface area contributed by atoms with E-state index in [1.807, 2.05) is 18.2 Å². The molecule has 1 N–H and O–H groups in total. The monoisotopic (exact) mass is 285 g/mol. The van der Waals surface area contributed by atoms with Gasteiger partial charge in [0.05, 0.1) is 11.0 Å². The van der Waals surface area contributed by atoms with Gasteiger partial charge in [-0.3, -0.25) is 0 Å². The molecule has 0 amide bonds. The summed E-state index contributed by atoms with van der Waals surface area (Å²) < 4.78 is 5.59. The van der Waals surface area contributed by atoms with Gasteiger partial charge in [0.1, 0.15) is 0 Å². The van der Waals surface area contributed by atoms with Crippen LogP contribution in [0.5, 0.6) is 0 Å². The first-order chi connectivity index (χ1) is 10.0. The molecule has 0 radical (unpaired) electrons. The zero-order valence-electron chi connectivity index (χ0n) is 13.0. The summed E-state index contributed by atoms with van der Waals surface area (Å²) in [5.74, 6) is 1.46. The minimum absolute atomic E-state index is 0.184. The van der Waals surface area contributed by atoms with E-state index < -0.39 is 0 Å². The van der Waals surface area contributed by atoms with Crippen LogP contribution in [0.3, 0.4) is 0 Å². The van der Waals surface area contributed by atoms with Crippen molar-refractivity contribution in [1.29, 1.82) is 0 Å². The highest BCUT2D eigenvalue weighted by Crippen LogP contribution is 2.33. The predicted molar refractivity (Wildman–Crippen MR) is 82.1 cm³/mol. The summed E-state index contributed by atoms with van der Waals surface area (Å²) in [5.41, 5.74) is 0.753. The summed E-state index contributed by atoms with van der Waals surface area (Å²) >= 11 is 0. The van der Waals surface area contributed by atoms with Gasteiger partial charge in [0.2, 0.25) is 5.89 Å². The van der Waals surface area contributed by atoms with Crippen LogP contribution in [0.1, 0.15) is 57.3 Å². The van der Waals surface area contributed by atoms with Crippen LogP contribution in [-0.2, 0) is 11.0 Å². The molecule has 112 valence electrons. The van der Waals surface area contributed by atoms with Crippen LogP contribution in [0.2, 0.25) is 0 Å². The van der Waals surface area contributed by atoms with Crippen molar-refractivity contribution in [3.63, 3.8) is 0 Å². The second-order valence-corrected chi connectivity index (χ2v) is 6.63. The topological polar surface area (TPSA) is 51.0 Å². The second kappa shape index (κ2) is 5.26. The summed E-state index contributed by atoms with van der Waals surface area (Å²) in [5, 5.41) is 7.78. The first-order valence-electron chi connectivity index (χ1n) is 7.68. The van der Waals surface area contributed by atoms with Gasteiger partial charge in [-0.25, -0.2) is 0 Å². The molecule has 0 aliphatic carbocycles. The molecule has 4 heteroatoms. The molecular formula is C17H23N3O. The second-order valence-electron chi connectivity index (χ2n) is 6.63. The minimum Gasteiger partial charge on any atom is -0.337 e. The largest absolute Gasteiger partial charge is 0.337 e. The molecule has 1 aromatic carbocycles. The van der Waals surface area contributed by atoms with Gasteiger partial charge in [-0.2, -0.15) is 4.98 Å². The quantitative estimate of drug-likeness (QED) is 0.939. The highest BCUT2D eigenvalue weighted by Gasteiger charge is 2.36. The molecule has 2 aromatic rings. The van der Waals surface area contributed by atoms with Gasteiger partial charge in [-0.1, -0.05) is 35.5 Å². The van der Waals surface area contributed by atoms with Gasteiger partial charge in [-0.15, -0.1) is 0 Å². The van der Waals surface area contributed by atoms with Crippen LogP contribution in [0, 0.1) is 0 Å². The Balaban J connectivity index is 1.91. The molecule has 4 nitrogen and oxygen atoms in total. The van der Waals surface area contributed by atoms with Gasteiger partial charge >= 0.3 is 0 Å². The number of hydrogen-bond acceptors (Lipinski definition) is 4. The van der Waals surface area contributed by atoms with Gasteiger partial charge in [0, 0.05) is 0 Å². The molecule has 21 heavy (non-hydrogen) atoms. The third-order valence-electron chi connectivity index (χ3n) is 4.57. The van der Waals surface area contributed by atoms with Crippen molar-refractivity contribution < 1.29 is 4.52 Å². The van der Waals surface area contributed by atoms with E-state index in [4.69, 9.17) is 9.51 Å². The van der Waals surface area contributed by atoms with E-state index >= 15 is 0 Å². The molecular weight excluding hydrogens is 262 g/mol. The standard InChI is InChI=1S/C17H23N3O/c1-16(2,13-9-5-4-6-10-13)14-19-15(21-20-14)17(3)11-7-8-12-18-17/h4-6,9-10,18H,7-8,11-12H2,1-3H3. The molecule has 0 saturated carbocycles. The zero-order valence-corrected chi connectivity index (χ0v) is 13.0. The Labute approximate surface area is 126 Å². The third-order valence-corrected chi connectivity index (χ3v) is 4.57. The Hall–Kier alpha value is -1.68. The Morgan fingerprint density at radius 3 is 2.62 bits per heavy atom. The number of rotatable bonds is 3. The number of hydrogen-bond donors (Lipinski definition) is 1. The van der Waals surface area contributed by atoms with E-state index in [2.05, 4.69) is 43.4 Å². The first kappa shape index (κ1) is 14.3. The Morgan fingerprint density at radius 2 is 1.95 bits per heavy atom. The fourth-order valence-corrected chi connectivity index (χ4v) is 2.92. The van der Waals surface area contributed by atoms with Crippen molar-refractivity contribution in [2.24, 2.45) is 0 Å². The molecule has 1 saturated heterocycles. The lowest BCUT2D eigenvalue weighted by molar-refractivity contribution is 0.206. The number of nitrogens with one attached hydrogen (secondary N) is 1. The van der Waals surface area contributed by atoms with E-state index in [1.54, 1.807) is 0 Å². The van der Waals surface area contributed by atoms with E-state index in [0.717, 1.165) is 18.8 Å². The van der Waals surface area contributed by atoms with Gasteiger partial charge in [0.25, 0.3) is 0 Å². The fourth-order valence-electron chi connectivity index (χ4n) is 2.92. The van der Waals surface area contributed by atoms with E-state index in [9.17, 15) is 0 Å². The van der Waals surface area contributed by atoms with Crippen LogP contribution >= 0.6 is 0 Å². The predicted octanol–water partition coefficient (Wildman–Crippen LogP) is 3.38. The Bertz CT molecular complexity index is 598. The number of benzene rings is 1. The van der Waals surface area contributed by atoms with Crippen LogP contribution in [-0.4, -0.2) is 16.7 Å². The van der Waals surface area contributed by atoms with Crippen LogP contribution in [0.25, 0.3) is 0 Å². The molecule has 2 heterocycles. The highest BCUT2D eigenvalue weighted by atomic mass is 16.5. The van der Waals surface area contributed by atoms with Crippen molar-refractivity contribution in [2.45, 2.75) is 51.0 Å². The maximum absolute atomic E-state index is 5.59. The van der Waals surface area contributed by atoms with Gasteiger partial charge in [-0.05, 0) is 52.1 Å². The fraction of sp³-hybridized carbons (Fsp3) is 0.529. The van der Waals surface area contributed by atoms with Gasteiger partial charge < -0.3 is 9.84 Å². The molecule has 1 aliphatic heterocycles. The maximum atomic E-state index is 5.59. The van der Waals surface area contributed by atoms with Crippen molar-refractivity contribution >= 4 is 0 Å². The summed E-state index contributed by atoms with van der Waals surface area (Å²) in [6.45, 7) is 7.43. The number of piperidine rings is 1. The zero-order chi connectivity index (χ0) is 14.9. The Kier molecular flexibility index (Phi) is 3.57. The summed E-state index contributed by atoms with van der Waals surface area (Å²) in [6, 6.07) is 10.3. The molecule has 1 aliphatic rings. The average molecular weight is 285 g/mol. The molecule has 0 bridgehead atoms. The smallest absolute Gasteiger partial charge is 0.246 e. The van der Waals surface area contributed by atoms with Crippen molar-refractivity contribution in [3.8, 4) is 0 Å². The van der Waals surface area contributed by atoms with E-state index in [-0.39, 0.29) is 11.0 Å². The molecule has 1 atom stereocenters. The summed E-state index contributed by atoms with van der Waals surface area (Å²) in [6.07, 6.45) is 3.45. The summed E-state index contributed by atoms with van der Waals surface area (Å²) in [4.78, 5) is 4.71. The lowest BCUT2D eigenvalue weighted by Crippen LogP contribution is -2.43. The van der Waals surface area contributed by atoms with Gasteiger partial charge in [0.15, 0.2) is 5.82 Å². The number of aromatic nitrogens is 2. The normalized spacial score (nSPS) is 23.2. The van der Waals surface area contributed by atoms with E-state index in [1.165, 1.54) is 18.4 Å². The molecule has 3 rings (SSSR count). The SMILES string of the molecule is CC1(c2nc(C(C)(C)c3ccccc3)no2)CCCCN1. The molecule has 1 aromatic heterocycles. The van der Waals surface area contributed by atoms with Crippen LogP contribution in [0.15, 0.2) is 34.9 Å². The average Bonchev–Trinajstić information content (AvgIpc) is 3.00. The minimum atomic E-state index is -0.256. The maximum Gasteiger partial charge on any atom is 0.246 e. The number of nitrogens with zero attached hydrogens (tertiary/aromatic N) is 2. The lowest BCUT2D eigenvalue weighted by atomic mass is 9.84. The highest BCUT2D eigenvalue weighted by molar-refractivity contribution is 5.30. The Morgan fingerprint density at radius 1 is 1.19 bits per heavy atom. The molecule has 1 unspecified atom stereocenters. The third kappa shape index (κ3) is 2.60. The van der Waals surface area contributed by atoms with Crippen molar-refractivity contribution in [2.75, 3.05) is 6.54 Å².